The van der Waals surface area contributed by atoms with Gasteiger partial charge in [-0.1, -0.05) is 30.3 Å². The van der Waals surface area contributed by atoms with Gasteiger partial charge in [0.25, 0.3) is 0 Å². The molecule has 1 heterocycles. The van der Waals surface area contributed by atoms with Gasteiger partial charge in [-0.05, 0) is 12.5 Å². The summed E-state index contributed by atoms with van der Waals surface area (Å²) in [5, 5.41) is 2.94. The molecule has 1 fully saturated rings. The Labute approximate surface area is 108 Å². The minimum atomic E-state index is 0.0768. The molecule has 1 atom stereocenters. The molecule has 0 saturated carbocycles. The van der Waals surface area contributed by atoms with Gasteiger partial charge in [0.2, 0.25) is 5.91 Å². The van der Waals surface area contributed by atoms with E-state index in [-0.39, 0.29) is 12.0 Å². The van der Waals surface area contributed by atoms with Gasteiger partial charge in [-0.2, -0.15) is 0 Å². The summed E-state index contributed by atoms with van der Waals surface area (Å²) in [6.07, 6.45) is 0.223. The van der Waals surface area contributed by atoms with Crippen LogP contribution in [0.1, 0.15) is 12.5 Å². The molecule has 2 rings (SSSR count). The molecular weight excluding hydrogens is 228 g/mol. The van der Waals surface area contributed by atoms with Crippen molar-refractivity contribution in [1.29, 1.82) is 0 Å². The lowest BCUT2D eigenvalue weighted by Gasteiger charge is -2.30. The number of morpholine rings is 1. The average Bonchev–Trinajstić information content (AvgIpc) is 2.38. The Bertz CT molecular complexity index is 381. The van der Waals surface area contributed by atoms with Crippen LogP contribution in [0, 0.1) is 0 Å². The molecular formula is C14H20N2O2. The molecule has 1 aliphatic heterocycles. The number of rotatable bonds is 4. The maximum absolute atomic E-state index is 11.8. The molecule has 1 saturated heterocycles. The van der Waals surface area contributed by atoms with Crippen LogP contribution in [0.5, 0.6) is 0 Å². The molecule has 1 N–H and O–H groups in total. The number of ether oxygens (including phenoxy) is 1. The van der Waals surface area contributed by atoms with Gasteiger partial charge in [0.15, 0.2) is 0 Å². The monoisotopic (exact) mass is 248 g/mol. The topological polar surface area (TPSA) is 41.6 Å². The molecule has 0 spiro atoms. The van der Waals surface area contributed by atoms with Crippen molar-refractivity contribution in [3.8, 4) is 0 Å². The molecule has 0 aromatic heterocycles. The predicted octanol–water partition coefficient (Wildman–Crippen LogP) is 1.02. The van der Waals surface area contributed by atoms with E-state index >= 15 is 0 Å². The van der Waals surface area contributed by atoms with E-state index < -0.39 is 0 Å². The van der Waals surface area contributed by atoms with Crippen molar-refractivity contribution < 1.29 is 9.53 Å². The first kappa shape index (κ1) is 13.1. The molecule has 0 radical (unpaired) electrons. The Morgan fingerprint density at radius 1 is 1.44 bits per heavy atom. The van der Waals surface area contributed by atoms with Crippen molar-refractivity contribution >= 4 is 5.91 Å². The van der Waals surface area contributed by atoms with Crippen LogP contribution in [0.3, 0.4) is 0 Å². The van der Waals surface area contributed by atoms with Gasteiger partial charge in [0, 0.05) is 19.6 Å². The Hall–Kier alpha value is -1.39. The Balaban J connectivity index is 1.72. The van der Waals surface area contributed by atoms with Crippen molar-refractivity contribution in [3.05, 3.63) is 35.9 Å². The molecule has 1 aromatic rings. The summed E-state index contributed by atoms with van der Waals surface area (Å²) >= 11 is 0. The van der Waals surface area contributed by atoms with Crippen LogP contribution in [0.2, 0.25) is 0 Å². The van der Waals surface area contributed by atoms with E-state index in [1.807, 2.05) is 37.3 Å². The van der Waals surface area contributed by atoms with E-state index in [0.29, 0.717) is 19.7 Å². The fourth-order valence-corrected chi connectivity index (χ4v) is 2.09. The molecule has 18 heavy (non-hydrogen) atoms. The molecule has 0 unspecified atom stereocenters. The summed E-state index contributed by atoms with van der Waals surface area (Å²) in [4.78, 5) is 13.9. The van der Waals surface area contributed by atoms with E-state index in [4.69, 9.17) is 4.74 Å². The zero-order chi connectivity index (χ0) is 12.8. The number of hydrogen-bond donors (Lipinski definition) is 1. The largest absolute Gasteiger partial charge is 0.376 e. The van der Waals surface area contributed by atoms with Crippen LogP contribution >= 0.6 is 0 Å². The van der Waals surface area contributed by atoms with Gasteiger partial charge in [-0.25, -0.2) is 0 Å². The smallest absolute Gasteiger partial charge is 0.234 e. The summed E-state index contributed by atoms with van der Waals surface area (Å²) in [6, 6.07) is 9.95. The van der Waals surface area contributed by atoms with Crippen LogP contribution < -0.4 is 5.32 Å². The molecule has 98 valence electrons. The molecule has 1 aromatic carbocycles. The van der Waals surface area contributed by atoms with Gasteiger partial charge in [-0.3, -0.25) is 9.69 Å². The lowest BCUT2D eigenvalue weighted by Crippen LogP contribution is -2.45. The highest BCUT2D eigenvalue weighted by Gasteiger charge is 2.18. The highest BCUT2D eigenvalue weighted by molar-refractivity contribution is 5.78. The number of nitrogens with zero attached hydrogens (tertiary/aromatic N) is 1. The second-order valence-electron chi connectivity index (χ2n) is 4.68. The van der Waals surface area contributed by atoms with Crippen molar-refractivity contribution in [3.63, 3.8) is 0 Å². The molecule has 1 aliphatic rings. The summed E-state index contributed by atoms with van der Waals surface area (Å²) in [5.74, 6) is 0.0768. The third-order valence-corrected chi connectivity index (χ3v) is 3.02. The van der Waals surface area contributed by atoms with E-state index in [1.165, 1.54) is 0 Å². The van der Waals surface area contributed by atoms with Crippen LogP contribution in [0.4, 0.5) is 0 Å². The van der Waals surface area contributed by atoms with E-state index in [0.717, 1.165) is 18.7 Å². The number of benzene rings is 1. The predicted molar refractivity (Wildman–Crippen MR) is 70.1 cm³/mol. The van der Waals surface area contributed by atoms with Gasteiger partial charge < -0.3 is 10.1 Å². The first-order valence-corrected chi connectivity index (χ1v) is 6.38. The van der Waals surface area contributed by atoms with Crippen LogP contribution in [0.15, 0.2) is 30.3 Å². The third-order valence-electron chi connectivity index (χ3n) is 3.02. The maximum Gasteiger partial charge on any atom is 0.234 e. The van der Waals surface area contributed by atoms with E-state index in [9.17, 15) is 4.79 Å². The average molecular weight is 248 g/mol. The number of carbonyl (C=O) groups is 1. The zero-order valence-electron chi connectivity index (χ0n) is 10.8. The first-order chi connectivity index (χ1) is 8.74. The standard InChI is InChI=1S/C14H20N2O2/c1-12-10-16(7-8-18-12)11-14(17)15-9-13-5-3-2-4-6-13/h2-6,12H,7-11H2,1H3,(H,15,17)/t12-/m0/s1. The summed E-state index contributed by atoms with van der Waals surface area (Å²) in [6.45, 7) is 5.48. The number of hydrogen-bond acceptors (Lipinski definition) is 3. The van der Waals surface area contributed by atoms with Crippen molar-refractivity contribution in [2.24, 2.45) is 0 Å². The van der Waals surface area contributed by atoms with E-state index in [2.05, 4.69) is 10.2 Å². The molecule has 0 bridgehead atoms. The Kier molecular flexibility index (Phi) is 4.73. The SMILES string of the molecule is C[C@H]1CN(CC(=O)NCc2ccccc2)CCO1. The molecule has 4 nitrogen and oxygen atoms in total. The van der Waals surface area contributed by atoms with Crippen molar-refractivity contribution in [2.75, 3.05) is 26.2 Å². The van der Waals surface area contributed by atoms with Crippen molar-refractivity contribution in [1.82, 2.24) is 10.2 Å². The van der Waals surface area contributed by atoms with Crippen LogP contribution in [-0.2, 0) is 16.1 Å². The fraction of sp³-hybridized carbons (Fsp3) is 0.500. The van der Waals surface area contributed by atoms with Crippen LogP contribution in [0.25, 0.3) is 0 Å². The number of carbonyl (C=O) groups excluding carboxylic acids is 1. The van der Waals surface area contributed by atoms with Crippen LogP contribution in [-0.4, -0.2) is 43.2 Å². The zero-order valence-corrected chi connectivity index (χ0v) is 10.8. The fourth-order valence-electron chi connectivity index (χ4n) is 2.09. The minimum absolute atomic E-state index is 0.0768. The second-order valence-corrected chi connectivity index (χ2v) is 4.68. The van der Waals surface area contributed by atoms with Gasteiger partial charge in [-0.15, -0.1) is 0 Å². The normalized spacial score (nSPS) is 20.6. The Morgan fingerprint density at radius 2 is 2.22 bits per heavy atom. The van der Waals surface area contributed by atoms with Crippen molar-refractivity contribution in [2.45, 2.75) is 19.6 Å². The molecule has 4 heteroatoms. The maximum atomic E-state index is 11.8. The number of nitrogens with one attached hydrogen (secondary N) is 1. The summed E-state index contributed by atoms with van der Waals surface area (Å²) in [5.41, 5.74) is 1.13. The third kappa shape index (κ3) is 4.13. The highest BCUT2D eigenvalue weighted by atomic mass is 16.5. The minimum Gasteiger partial charge on any atom is -0.376 e. The lowest BCUT2D eigenvalue weighted by atomic mass is 10.2. The highest BCUT2D eigenvalue weighted by Crippen LogP contribution is 2.03. The number of amides is 1. The summed E-state index contributed by atoms with van der Waals surface area (Å²) < 4.78 is 5.45. The molecule has 1 amide bonds. The quantitative estimate of drug-likeness (QED) is 0.865. The van der Waals surface area contributed by atoms with E-state index in [1.54, 1.807) is 0 Å². The van der Waals surface area contributed by atoms with Gasteiger partial charge in [0.05, 0.1) is 19.3 Å². The first-order valence-electron chi connectivity index (χ1n) is 6.38. The lowest BCUT2D eigenvalue weighted by molar-refractivity contribution is -0.124. The Morgan fingerprint density at radius 3 is 2.94 bits per heavy atom. The molecule has 0 aliphatic carbocycles. The summed E-state index contributed by atoms with van der Waals surface area (Å²) in [7, 11) is 0. The second kappa shape index (κ2) is 6.52. The van der Waals surface area contributed by atoms with Gasteiger partial charge in [0.1, 0.15) is 0 Å². The van der Waals surface area contributed by atoms with Gasteiger partial charge >= 0.3 is 0 Å².